The van der Waals surface area contributed by atoms with Crippen LogP contribution in [0.1, 0.15) is 65.7 Å². The molecule has 6 unspecified atom stereocenters. The zero-order chi connectivity index (χ0) is 15.7. The summed E-state index contributed by atoms with van der Waals surface area (Å²) in [7, 11) is 0. The Morgan fingerprint density at radius 3 is 2.59 bits per heavy atom. The highest BCUT2D eigenvalue weighted by Gasteiger charge is 2.57. The zero-order valence-electron chi connectivity index (χ0n) is 14.2. The summed E-state index contributed by atoms with van der Waals surface area (Å²) < 4.78 is 0. The van der Waals surface area contributed by atoms with Gasteiger partial charge in [-0.05, 0) is 75.0 Å². The fraction of sp³-hybridized carbons (Fsp3) is 0.800. The normalized spacial score (nSPS) is 51.0. The Hall–Kier alpha value is -0.270. The summed E-state index contributed by atoms with van der Waals surface area (Å²) >= 11 is 6.73. The van der Waals surface area contributed by atoms with Crippen molar-refractivity contribution in [2.24, 2.45) is 28.6 Å². The van der Waals surface area contributed by atoms with Gasteiger partial charge in [-0.25, -0.2) is 0 Å². The van der Waals surface area contributed by atoms with E-state index in [9.17, 15) is 5.11 Å². The van der Waals surface area contributed by atoms with Crippen LogP contribution in [-0.2, 0) is 0 Å². The van der Waals surface area contributed by atoms with Crippen molar-refractivity contribution in [2.45, 2.75) is 71.8 Å². The minimum absolute atomic E-state index is 0.102. The Morgan fingerprint density at radius 2 is 1.82 bits per heavy atom. The van der Waals surface area contributed by atoms with E-state index in [1.165, 1.54) is 42.7 Å². The lowest BCUT2D eigenvalue weighted by Crippen LogP contribution is -2.49. The highest BCUT2D eigenvalue weighted by atomic mass is 35.5. The van der Waals surface area contributed by atoms with Gasteiger partial charge in [-0.15, -0.1) is 0 Å². The van der Waals surface area contributed by atoms with Crippen molar-refractivity contribution in [1.82, 2.24) is 0 Å². The van der Waals surface area contributed by atoms with Gasteiger partial charge in [0.25, 0.3) is 0 Å². The summed E-state index contributed by atoms with van der Waals surface area (Å²) in [6.07, 6.45) is 10.4. The molecule has 1 nitrogen and oxygen atoms in total. The molecule has 0 amide bonds. The van der Waals surface area contributed by atoms with Gasteiger partial charge in [0.2, 0.25) is 0 Å². The van der Waals surface area contributed by atoms with Crippen LogP contribution in [-0.4, -0.2) is 11.2 Å². The first-order valence-corrected chi connectivity index (χ1v) is 9.47. The van der Waals surface area contributed by atoms with Crippen LogP contribution in [0.3, 0.4) is 0 Å². The molecule has 4 aliphatic rings. The van der Waals surface area contributed by atoms with Crippen molar-refractivity contribution in [3.05, 3.63) is 22.3 Å². The lowest BCUT2D eigenvalue weighted by atomic mass is 9.48. The van der Waals surface area contributed by atoms with E-state index in [1.807, 2.05) is 0 Å². The van der Waals surface area contributed by atoms with Crippen molar-refractivity contribution in [2.75, 3.05) is 0 Å². The quantitative estimate of drug-likeness (QED) is 0.590. The third kappa shape index (κ3) is 1.88. The van der Waals surface area contributed by atoms with Crippen molar-refractivity contribution in [1.29, 1.82) is 0 Å². The van der Waals surface area contributed by atoms with Crippen LogP contribution in [0.5, 0.6) is 0 Å². The van der Waals surface area contributed by atoms with Crippen LogP contribution < -0.4 is 0 Å². The highest BCUT2D eigenvalue weighted by molar-refractivity contribution is 6.31. The molecule has 22 heavy (non-hydrogen) atoms. The molecule has 2 saturated carbocycles. The van der Waals surface area contributed by atoms with Crippen LogP contribution in [0, 0.1) is 28.6 Å². The maximum Gasteiger partial charge on any atom is 0.0577 e. The second kappa shape index (κ2) is 4.86. The smallest absolute Gasteiger partial charge is 0.0577 e. The number of aliphatic hydroxyl groups is 1. The molecule has 2 fully saturated rings. The molecule has 0 aromatic rings. The van der Waals surface area contributed by atoms with Gasteiger partial charge in [-0.1, -0.05) is 42.7 Å². The standard InChI is InChI=1S/C20H29ClO/c1-12-10-17-15-5-4-13-11-14(22)6-8-19(13,2)16(15)7-9-20(17,3)18(12)21/h4,14-17,22H,5-11H2,1-3H3. The molecule has 0 bridgehead atoms. The molecule has 4 aliphatic carbocycles. The van der Waals surface area contributed by atoms with E-state index >= 15 is 0 Å². The second-order valence-corrected chi connectivity index (χ2v) is 9.29. The predicted molar refractivity (Wildman–Crippen MR) is 91.6 cm³/mol. The SMILES string of the molecule is CC1=C(Cl)C2(C)CCC3C(CC=C4CC(O)CCC43C)C2C1. The van der Waals surface area contributed by atoms with Crippen molar-refractivity contribution >= 4 is 11.6 Å². The summed E-state index contributed by atoms with van der Waals surface area (Å²) in [5.41, 5.74) is 3.58. The molecule has 0 spiro atoms. The molecule has 0 aromatic carbocycles. The fourth-order valence-corrected chi connectivity index (χ4v) is 6.83. The number of fused-ring (bicyclic) bond motifs is 5. The Balaban J connectivity index is 1.69. The van der Waals surface area contributed by atoms with E-state index in [4.69, 9.17) is 11.6 Å². The van der Waals surface area contributed by atoms with Gasteiger partial charge in [-0.3, -0.25) is 0 Å². The molecular formula is C20H29ClO. The fourth-order valence-electron chi connectivity index (χ4n) is 6.52. The second-order valence-electron chi connectivity index (χ2n) is 8.91. The molecule has 0 radical (unpaired) electrons. The van der Waals surface area contributed by atoms with E-state index in [0.29, 0.717) is 5.41 Å². The average Bonchev–Trinajstić information content (AvgIpc) is 2.72. The summed E-state index contributed by atoms with van der Waals surface area (Å²) in [6, 6.07) is 0. The number of allylic oxidation sites excluding steroid dienone is 3. The van der Waals surface area contributed by atoms with Crippen molar-refractivity contribution in [3.63, 3.8) is 0 Å². The zero-order valence-corrected chi connectivity index (χ0v) is 14.9. The monoisotopic (exact) mass is 320 g/mol. The topological polar surface area (TPSA) is 20.2 Å². The van der Waals surface area contributed by atoms with E-state index in [1.54, 1.807) is 5.57 Å². The molecule has 122 valence electrons. The Bertz CT molecular complexity index is 562. The summed E-state index contributed by atoms with van der Waals surface area (Å²) in [5, 5.41) is 11.2. The van der Waals surface area contributed by atoms with Crippen LogP contribution in [0.25, 0.3) is 0 Å². The summed E-state index contributed by atoms with van der Waals surface area (Å²) in [4.78, 5) is 0. The summed E-state index contributed by atoms with van der Waals surface area (Å²) in [6.45, 7) is 7.14. The molecule has 0 saturated heterocycles. The van der Waals surface area contributed by atoms with Gasteiger partial charge >= 0.3 is 0 Å². The van der Waals surface area contributed by atoms with Gasteiger partial charge in [0.1, 0.15) is 0 Å². The number of halogens is 1. The highest BCUT2D eigenvalue weighted by Crippen LogP contribution is 2.66. The Kier molecular flexibility index (Phi) is 3.38. The maximum atomic E-state index is 10.1. The Morgan fingerprint density at radius 1 is 1.09 bits per heavy atom. The van der Waals surface area contributed by atoms with Gasteiger partial charge in [0, 0.05) is 10.4 Å². The molecule has 0 heterocycles. The first-order chi connectivity index (χ1) is 10.4. The largest absolute Gasteiger partial charge is 0.393 e. The number of rotatable bonds is 0. The number of aliphatic hydroxyl groups excluding tert-OH is 1. The molecule has 6 atom stereocenters. The first-order valence-electron chi connectivity index (χ1n) is 9.09. The van der Waals surface area contributed by atoms with E-state index in [0.717, 1.165) is 30.6 Å². The van der Waals surface area contributed by atoms with Gasteiger partial charge < -0.3 is 5.11 Å². The van der Waals surface area contributed by atoms with Crippen LogP contribution in [0.2, 0.25) is 0 Å². The Labute approximate surface area is 139 Å². The predicted octanol–water partition coefficient (Wildman–Crippen LogP) is 5.43. The van der Waals surface area contributed by atoms with Crippen LogP contribution >= 0.6 is 11.6 Å². The number of hydrogen-bond donors (Lipinski definition) is 1. The van der Waals surface area contributed by atoms with E-state index in [-0.39, 0.29) is 11.5 Å². The number of hydrogen-bond acceptors (Lipinski definition) is 1. The molecule has 0 aromatic heterocycles. The third-order valence-electron chi connectivity index (χ3n) is 7.87. The van der Waals surface area contributed by atoms with E-state index < -0.39 is 0 Å². The minimum Gasteiger partial charge on any atom is -0.393 e. The lowest BCUT2D eigenvalue weighted by Gasteiger charge is -2.57. The average molecular weight is 321 g/mol. The molecule has 4 rings (SSSR count). The van der Waals surface area contributed by atoms with Crippen LogP contribution in [0.4, 0.5) is 0 Å². The lowest BCUT2D eigenvalue weighted by molar-refractivity contribution is -0.0277. The van der Waals surface area contributed by atoms with Crippen molar-refractivity contribution in [3.8, 4) is 0 Å². The molecule has 2 heteroatoms. The molecule has 0 aliphatic heterocycles. The summed E-state index contributed by atoms with van der Waals surface area (Å²) in [5.74, 6) is 2.32. The third-order valence-corrected chi connectivity index (χ3v) is 8.62. The van der Waals surface area contributed by atoms with Crippen molar-refractivity contribution < 1.29 is 5.11 Å². The van der Waals surface area contributed by atoms with E-state index in [2.05, 4.69) is 26.8 Å². The maximum absolute atomic E-state index is 10.1. The van der Waals surface area contributed by atoms with Gasteiger partial charge in [0.05, 0.1) is 6.10 Å². The van der Waals surface area contributed by atoms with Gasteiger partial charge in [0.15, 0.2) is 0 Å². The minimum atomic E-state index is -0.102. The first kappa shape index (κ1) is 15.3. The molecular weight excluding hydrogens is 292 g/mol. The molecule has 1 N–H and O–H groups in total. The van der Waals surface area contributed by atoms with Gasteiger partial charge in [-0.2, -0.15) is 0 Å². The van der Waals surface area contributed by atoms with Crippen LogP contribution in [0.15, 0.2) is 22.3 Å².